The molecule has 5 heteroatoms. The number of carboxylic acids is 1. The first-order valence-corrected chi connectivity index (χ1v) is 2.77. The Balaban J connectivity index is 0.000000810. The molecule has 1 heterocycles. The van der Waals surface area contributed by atoms with Crippen molar-refractivity contribution in [3.05, 3.63) is 5.32 Å². The molecule has 0 spiro atoms. The van der Waals surface area contributed by atoms with Gasteiger partial charge >= 0.3 is 0 Å². The summed E-state index contributed by atoms with van der Waals surface area (Å²) in [6.07, 6.45) is -0.263. The topological polar surface area (TPSA) is 71.6 Å². The van der Waals surface area contributed by atoms with E-state index in [2.05, 4.69) is 5.32 Å². The Morgan fingerprint density at radius 2 is 2.20 bits per heavy atom. The zero-order valence-corrected chi connectivity index (χ0v) is 9.10. The van der Waals surface area contributed by atoms with E-state index in [0.717, 1.165) is 0 Å². The Kier molecular flexibility index (Phi) is 4.94. The molecule has 1 fully saturated rings. The molecule has 0 saturated carbocycles. The predicted molar refractivity (Wildman–Crippen MR) is 30.3 cm³/mol. The molecule has 1 rings (SSSR count). The van der Waals surface area contributed by atoms with Crippen LogP contribution in [0.25, 0.3) is 5.32 Å². The van der Waals surface area contributed by atoms with Crippen molar-refractivity contribution in [2.45, 2.75) is 18.6 Å². The second-order valence-electron chi connectivity index (χ2n) is 2.11. The Labute approximate surface area is 91.9 Å². The van der Waals surface area contributed by atoms with E-state index < -0.39 is 18.1 Å². The second kappa shape index (κ2) is 4.59. The Bertz CT molecular complexity index is 130. The quantitative estimate of drug-likeness (QED) is 0.680. The van der Waals surface area contributed by atoms with Crippen molar-refractivity contribution >= 4 is 5.97 Å². The van der Waals surface area contributed by atoms with E-state index in [1.807, 2.05) is 0 Å². The summed E-state index contributed by atoms with van der Waals surface area (Å²) in [7, 11) is 0. The van der Waals surface area contributed by atoms with Crippen molar-refractivity contribution in [1.82, 2.24) is 0 Å². The van der Waals surface area contributed by atoms with Gasteiger partial charge in [-0.25, -0.2) is 0 Å². The van der Waals surface area contributed by atoms with Crippen LogP contribution in [-0.2, 0) is 4.79 Å². The van der Waals surface area contributed by atoms with Gasteiger partial charge in [0.25, 0.3) is 5.97 Å². The smallest absolute Gasteiger partial charge is 0.285 e. The van der Waals surface area contributed by atoms with Gasteiger partial charge in [0.15, 0.2) is 0 Å². The fraction of sp³-hybridized carbons (Fsp3) is 0.800. The summed E-state index contributed by atoms with van der Waals surface area (Å²) in [6.45, 7) is 0.275. The van der Waals surface area contributed by atoms with E-state index in [9.17, 15) is 4.79 Å². The van der Waals surface area contributed by atoms with Gasteiger partial charge in [-0.3, -0.25) is 4.79 Å². The molecule has 0 amide bonds. The second-order valence-corrected chi connectivity index (χ2v) is 2.11. The van der Waals surface area contributed by atoms with Crippen LogP contribution in [0.5, 0.6) is 0 Å². The van der Waals surface area contributed by atoms with Crippen LogP contribution in [0, 0.1) is 41.3 Å². The van der Waals surface area contributed by atoms with Gasteiger partial charge < -0.3 is 15.5 Å². The summed E-state index contributed by atoms with van der Waals surface area (Å²) in [5.74, 6) is -0.938. The standard InChI is InChI=1S/C5H8NO3.Pr/c7-3-1-4(5(8)9)6-2-3;/h3-4,7H,1-2H2,(H,8,9);/q-1;. The maximum atomic E-state index is 10.1. The molecule has 2 unspecified atom stereocenters. The van der Waals surface area contributed by atoms with Crippen LogP contribution >= 0.6 is 0 Å². The number of carboxylic acid groups (broad SMARTS) is 1. The van der Waals surface area contributed by atoms with E-state index in [-0.39, 0.29) is 54.3 Å². The summed E-state index contributed by atoms with van der Waals surface area (Å²) < 4.78 is 0. The minimum Gasteiger partial charge on any atom is -0.648 e. The molecular formula is C5H8NO3Pr-. The molecule has 1 aliphatic rings. The third-order valence-corrected chi connectivity index (χ3v) is 1.32. The fourth-order valence-corrected chi connectivity index (χ4v) is 0.835. The summed E-state index contributed by atoms with van der Waals surface area (Å²) in [4.78, 5) is 10.1. The van der Waals surface area contributed by atoms with Gasteiger partial charge in [0, 0.05) is 47.4 Å². The van der Waals surface area contributed by atoms with E-state index in [1.165, 1.54) is 0 Å². The van der Waals surface area contributed by atoms with Gasteiger partial charge in [-0.2, -0.15) is 0 Å². The van der Waals surface area contributed by atoms with Crippen LogP contribution in [0.3, 0.4) is 0 Å². The van der Waals surface area contributed by atoms with Crippen molar-refractivity contribution in [2.75, 3.05) is 6.54 Å². The summed E-state index contributed by atoms with van der Waals surface area (Å²) in [5.41, 5.74) is 0. The monoisotopic (exact) mass is 271 g/mol. The van der Waals surface area contributed by atoms with Gasteiger partial charge in [0.05, 0.1) is 0 Å². The molecule has 1 saturated heterocycles. The molecule has 2 atom stereocenters. The van der Waals surface area contributed by atoms with Crippen molar-refractivity contribution in [1.29, 1.82) is 0 Å². The zero-order chi connectivity index (χ0) is 6.85. The maximum Gasteiger partial charge on any atom is 0.285 e. The minimum absolute atomic E-state index is 0. The normalized spacial score (nSPS) is 31.3. The number of aliphatic hydroxyl groups is 1. The largest absolute Gasteiger partial charge is 0.648 e. The average Bonchev–Trinajstić information content (AvgIpc) is 2.14. The summed E-state index contributed by atoms with van der Waals surface area (Å²) >= 11 is 0. The molecule has 0 bridgehead atoms. The minimum atomic E-state index is -0.938. The van der Waals surface area contributed by atoms with Crippen LogP contribution in [0.4, 0.5) is 0 Å². The van der Waals surface area contributed by atoms with Gasteiger partial charge in [-0.1, -0.05) is 0 Å². The molecule has 1 aliphatic heterocycles. The molecule has 2 N–H and O–H groups in total. The number of hydrogen-bond acceptors (Lipinski definition) is 2. The fourth-order valence-electron chi connectivity index (χ4n) is 0.835. The number of rotatable bonds is 1. The van der Waals surface area contributed by atoms with Gasteiger partial charge in [-0.05, 0) is 12.5 Å². The number of aliphatic carboxylic acids is 1. The number of nitrogens with zero attached hydrogens (tertiary/aromatic N) is 1. The van der Waals surface area contributed by atoms with Crippen LogP contribution in [0.2, 0.25) is 0 Å². The molecule has 10 heavy (non-hydrogen) atoms. The average molecular weight is 271 g/mol. The van der Waals surface area contributed by atoms with Gasteiger partial charge in [0.1, 0.15) is 0 Å². The van der Waals surface area contributed by atoms with Gasteiger partial charge in [-0.15, -0.1) is 6.54 Å². The summed E-state index contributed by atoms with van der Waals surface area (Å²) in [5, 5.41) is 20.8. The van der Waals surface area contributed by atoms with Crippen LogP contribution in [0.15, 0.2) is 0 Å². The Morgan fingerprint density at radius 1 is 1.60 bits per heavy atom. The number of aliphatic hydroxyl groups excluding tert-OH is 1. The zero-order valence-electron chi connectivity index (χ0n) is 5.40. The number of hydrogen-bond donors (Lipinski definition) is 2. The first-order valence-electron chi connectivity index (χ1n) is 2.77. The Morgan fingerprint density at radius 3 is 2.40 bits per heavy atom. The molecule has 55 valence electrons. The van der Waals surface area contributed by atoms with Crippen molar-refractivity contribution in [2.24, 2.45) is 0 Å². The van der Waals surface area contributed by atoms with Crippen molar-refractivity contribution < 1.29 is 56.3 Å². The van der Waals surface area contributed by atoms with E-state index >= 15 is 0 Å². The van der Waals surface area contributed by atoms with E-state index in [4.69, 9.17) is 10.2 Å². The molecule has 0 aromatic heterocycles. The molecule has 0 aromatic rings. The van der Waals surface area contributed by atoms with E-state index in [0.29, 0.717) is 0 Å². The van der Waals surface area contributed by atoms with Crippen LogP contribution in [-0.4, -0.2) is 34.9 Å². The van der Waals surface area contributed by atoms with Crippen molar-refractivity contribution in [3.8, 4) is 0 Å². The SMILES string of the molecule is O=C(O)C1CC(O)C[N-]1.[Pr]. The molecular weight excluding hydrogens is 263 g/mol. The first kappa shape index (κ1) is 10.8. The first-order chi connectivity index (χ1) is 4.20. The molecule has 0 aromatic carbocycles. The molecule has 4 nitrogen and oxygen atoms in total. The van der Waals surface area contributed by atoms with Gasteiger partial charge in [0.2, 0.25) is 0 Å². The third-order valence-electron chi connectivity index (χ3n) is 1.32. The Hall–Kier alpha value is 0.754. The van der Waals surface area contributed by atoms with E-state index in [1.54, 1.807) is 0 Å². The predicted octanol–water partition coefficient (Wildman–Crippen LogP) is -0.422. The summed E-state index contributed by atoms with van der Waals surface area (Å²) in [6, 6.07) is -0.667. The van der Waals surface area contributed by atoms with Crippen LogP contribution in [0.1, 0.15) is 6.42 Å². The maximum absolute atomic E-state index is 10.1. The van der Waals surface area contributed by atoms with Crippen molar-refractivity contribution in [3.63, 3.8) is 0 Å². The molecule has 0 aliphatic carbocycles. The molecule has 1 radical (unpaired) electrons. The number of carbonyl (C=O) groups is 1. The van der Waals surface area contributed by atoms with Crippen LogP contribution < -0.4 is 0 Å². The third kappa shape index (κ3) is 2.78.